The minimum absolute atomic E-state index is 0.415. The Hall–Kier alpha value is -1.23. The van der Waals surface area contributed by atoms with Gasteiger partial charge in [0.1, 0.15) is 5.82 Å². The molecule has 3 rings (SSSR count). The van der Waals surface area contributed by atoms with Gasteiger partial charge in [0.15, 0.2) is 0 Å². The number of nitrogens with zero attached hydrogens (tertiary/aromatic N) is 4. The van der Waals surface area contributed by atoms with E-state index in [9.17, 15) is 0 Å². The second-order valence-corrected chi connectivity index (χ2v) is 6.09. The monoisotopic (exact) mass is 322 g/mol. The second-order valence-electron chi connectivity index (χ2n) is 5.24. The average molecular weight is 323 g/mol. The Labute approximate surface area is 134 Å². The van der Waals surface area contributed by atoms with Crippen LogP contribution in [-0.2, 0) is 6.54 Å². The van der Waals surface area contributed by atoms with Gasteiger partial charge < -0.3 is 0 Å². The average Bonchev–Trinajstić information content (AvgIpc) is 2.51. The molecule has 0 aromatic carbocycles. The first-order valence-corrected chi connectivity index (χ1v) is 7.77. The van der Waals surface area contributed by atoms with Crippen molar-refractivity contribution in [1.29, 1.82) is 0 Å². The zero-order valence-corrected chi connectivity index (χ0v) is 13.1. The summed E-state index contributed by atoms with van der Waals surface area (Å²) in [6.07, 6.45) is 7.22. The van der Waals surface area contributed by atoms with E-state index in [1.54, 1.807) is 18.6 Å². The molecule has 0 bridgehead atoms. The molecule has 1 aliphatic heterocycles. The largest absolute Gasteiger partial charge is 0.297 e. The molecule has 1 fully saturated rings. The van der Waals surface area contributed by atoms with Crippen LogP contribution in [0.5, 0.6) is 0 Å². The number of likely N-dealkylation sites (tertiary alicyclic amines) is 1. The highest BCUT2D eigenvalue weighted by Crippen LogP contribution is 2.27. The van der Waals surface area contributed by atoms with Gasteiger partial charge in [-0.1, -0.05) is 23.2 Å². The van der Waals surface area contributed by atoms with Crippen LogP contribution in [0.3, 0.4) is 0 Å². The molecule has 0 aliphatic carbocycles. The van der Waals surface area contributed by atoms with Crippen LogP contribution in [0.4, 0.5) is 0 Å². The van der Waals surface area contributed by atoms with Crippen molar-refractivity contribution in [2.45, 2.75) is 25.3 Å². The van der Waals surface area contributed by atoms with Crippen LogP contribution in [0.1, 0.15) is 30.3 Å². The number of rotatable bonds is 3. The summed E-state index contributed by atoms with van der Waals surface area (Å²) in [6.45, 7) is 2.81. The topological polar surface area (TPSA) is 41.9 Å². The summed E-state index contributed by atoms with van der Waals surface area (Å²) in [5, 5.41) is 1.32. The third-order valence-electron chi connectivity index (χ3n) is 3.80. The van der Waals surface area contributed by atoms with Crippen molar-refractivity contribution in [3.8, 4) is 0 Å². The highest BCUT2D eigenvalue weighted by atomic mass is 35.5. The maximum Gasteiger partial charge on any atom is 0.131 e. The summed E-state index contributed by atoms with van der Waals surface area (Å²) in [6, 6.07) is 3.74. The van der Waals surface area contributed by atoms with E-state index in [2.05, 4.69) is 19.9 Å². The Morgan fingerprint density at radius 1 is 1.10 bits per heavy atom. The van der Waals surface area contributed by atoms with Crippen LogP contribution in [0, 0.1) is 0 Å². The lowest BCUT2D eigenvalue weighted by molar-refractivity contribution is 0.199. The molecule has 2 aromatic rings. The van der Waals surface area contributed by atoms with E-state index in [1.165, 1.54) is 0 Å². The molecular weight excluding hydrogens is 307 g/mol. The fraction of sp³-hybridized carbons (Fsp3) is 0.400. The number of pyridine rings is 1. The molecule has 1 saturated heterocycles. The van der Waals surface area contributed by atoms with E-state index in [4.69, 9.17) is 23.2 Å². The molecule has 4 nitrogen and oxygen atoms in total. The van der Waals surface area contributed by atoms with Crippen LogP contribution in [0.2, 0.25) is 10.0 Å². The van der Waals surface area contributed by atoms with Crippen LogP contribution in [0.15, 0.2) is 30.7 Å². The van der Waals surface area contributed by atoms with E-state index in [0.29, 0.717) is 10.9 Å². The van der Waals surface area contributed by atoms with Gasteiger partial charge in [-0.15, -0.1) is 0 Å². The van der Waals surface area contributed by atoms with Gasteiger partial charge in [-0.05, 0) is 38.1 Å². The van der Waals surface area contributed by atoms with Crippen LogP contribution in [0.25, 0.3) is 0 Å². The fourth-order valence-electron chi connectivity index (χ4n) is 2.63. The summed E-state index contributed by atoms with van der Waals surface area (Å²) in [4.78, 5) is 15.4. The fourth-order valence-corrected chi connectivity index (χ4v) is 2.91. The van der Waals surface area contributed by atoms with Gasteiger partial charge in [0.05, 0.1) is 15.7 Å². The second kappa shape index (κ2) is 6.69. The van der Waals surface area contributed by atoms with Crippen LogP contribution >= 0.6 is 23.2 Å². The normalized spacial score (nSPS) is 17.0. The Morgan fingerprint density at radius 3 is 2.48 bits per heavy atom. The van der Waals surface area contributed by atoms with E-state index >= 15 is 0 Å². The maximum absolute atomic E-state index is 6.16. The van der Waals surface area contributed by atoms with Crippen molar-refractivity contribution in [2.75, 3.05) is 13.1 Å². The molecular formula is C15H16Cl2N4. The van der Waals surface area contributed by atoms with Gasteiger partial charge in [0, 0.05) is 31.1 Å². The molecule has 0 radical (unpaired) electrons. The Balaban J connectivity index is 1.58. The van der Waals surface area contributed by atoms with Gasteiger partial charge in [-0.2, -0.15) is 0 Å². The first kappa shape index (κ1) is 14.7. The Kier molecular flexibility index (Phi) is 4.68. The van der Waals surface area contributed by atoms with Crippen LogP contribution in [-0.4, -0.2) is 32.9 Å². The Morgan fingerprint density at radius 2 is 1.81 bits per heavy atom. The molecule has 0 spiro atoms. The van der Waals surface area contributed by atoms with Gasteiger partial charge >= 0.3 is 0 Å². The van der Waals surface area contributed by atoms with Crippen molar-refractivity contribution in [3.05, 3.63) is 52.3 Å². The molecule has 2 aromatic heterocycles. The predicted octanol–water partition coefficient (Wildman–Crippen LogP) is 3.56. The molecule has 0 atom stereocenters. The van der Waals surface area contributed by atoms with Gasteiger partial charge in [-0.25, -0.2) is 9.97 Å². The van der Waals surface area contributed by atoms with Crippen molar-refractivity contribution < 1.29 is 0 Å². The SMILES string of the molecule is Clc1cnc(C2CCN(Cc3ncccc3Cl)CC2)nc1. The quantitative estimate of drug-likeness (QED) is 0.866. The summed E-state index contributed by atoms with van der Waals surface area (Å²) in [7, 11) is 0. The van der Waals surface area contributed by atoms with Gasteiger partial charge in [-0.3, -0.25) is 9.88 Å². The highest BCUT2D eigenvalue weighted by Gasteiger charge is 2.23. The first-order valence-electron chi connectivity index (χ1n) is 7.01. The number of hydrogen-bond acceptors (Lipinski definition) is 4. The van der Waals surface area contributed by atoms with E-state index in [-0.39, 0.29) is 0 Å². The molecule has 3 heterocycles. The lowest BCUT2D eigenvalue weighted by Crippen LogP contribution is -2.33. The molecule has 6 heteroatoms. The minimum Gasteiger partial charge on any atom is -0.297 e. The summed E-state index contributed by atoms with van der Waals surface area (Å²) in [5.74, 6) is 1.31. The zero-order valence-electron chi connectivity index (χ0n) is 11.5. The molecule has 0 amide bonds. The number of hydrogen-bond donors (Lipinski definition) is 0. The van der Waals surface area contributed by atoms with E-state index < -0.39 is 0 Å². The highest BCUT2D eigenvalue weighted by molar-refractivity contribution is 6.31. The van der Waals surface area contributed by atoms with E-state index in [1.807, 2.05) is 12.1 Å². The molecule has 0 N–H and O–H groups in total. The maximum atomic E-state index is 6.16. The Bertz CT molecular complexity index is 595. The van der Waals surface area contributed by atoms with Gasteiger partial charge in [0.2, 0.25) is 0 Å². The van der Waals surface area contributed by atoms with Crippen molar-refractivity contribution in [2.24, 2.45) is 0 Å². The van der Waals surface area contributed by atoms with Crippen molar-refractivity contribution in [1.82, 2.24) is 19.9 Å². The zero-order chi connectivity index (χ0) is 14.7. The summed E-state index contributed by atoms with van der Waals surface area (Å²) in [5.41, 5.74) is 0.945. The predicted molar refractivity (Wildman–Crippen MR) is 83.5 cm³/mol. The number of piperidine rings is 1. The lowest BCUT2D eigenvalue weighted by Gasteiger charge is -2.31. The minimum atomic E-state index is 0.415. The lowest BCUT2D eigenvalue weighted by atomic mass is 9.96. The summed E-state index contributed by atoms with van der Waals surface area (Å²) < 4.78 is 0. The first-order chi connectivity index (χ1) is 10.2. The smallest absolute Gasteiger partial charge is 0.131 e. The number of aromatic nitrogens is 3. The molecule has 0 saturated carbocycles. The van der Waals surface area contributed by atoms with Crippen molar-refractivity contribution in [3.63, 3.8) is 0 Å². The molecule has 1 aliphatic rings. The van der Waals surface area contributed by atoms with Gasteiger partial charge in [0.25, 0.3) is 0 Å². The van der Waals surface area contributed by atoms with Crippen LogP contribution < -0.4 is 0 Å². The standard InChI is InChI=1S/C15H16Cl2N4/c16-12-8-19-15(20-9-12)11-3-6-21(7-4-11)10-14-13(17)2-1-5-18-14/h1-2,5,8-9,11H,3-4,6-7,10H2. The summed E-state index contributed by atoms with van der Waals surface area (Å²) >= 11 is 12.0. The molecule has 21 heavy (non-hydrogen) atoms. The third-order valence-corrected chi connectivity index (χ3v) is 4.34. The van der Waals surface area contributed by atoms with E-state index in [0.717, 1.165) is 49.0 Å². The molecule has 0 unspecified atom stereocenters. The van der Waals surface area contributed by atoms with Crippen molar-refractivity contribution >= 4 is 23.2 Å². The third kappa shape index (κ3) is 3.70. The molecule has 110 valence electrons. The number of halogens is 2.